The lowest BCUT2D eigenvalue weighted by molar-refractivity contribution is -0.114. The second-order valence-electron chi connectivity index (χ2n) is 8.60. The van der Waals surface area contributed by atoms with E-state index >= 15 is 0 Å². The fourth-order valence-corrected chi connectivity index (χ4v) is 5.12. The lowest BCUT2D eigenvalue weighted by atomic mass is 10.0. The predicted octanol–water partition coefficient (Wildman–Crippen LogP) is 5.51. The molecule has 0 radical (unpaired) electrons. The van der Waals surface area contributed by atoms with Crippen LogP contribution in [-0.2, 0) is 16.1 Å². The third-order valence-electron chi connectivity index (χ3n) is 6.18. The van der Waals surface area contributed by atoms with Crippen molar-refractivity contribution in [3.05, 3.63) is 65.9 Å². The molecule has 5 rings (SSSR count). The first-order valence-corrected chi connectivity index (χ1v) is 12.7. The Labute approximate surface area is 223 Å². The Balaban J connectivity index is 1.79. The molecule has 1 amide bonds. The third kappa shape index (κ3) is 4.66. The maximum Gasteiger partial charge on any atom is 0.355 e. The molecule has 10 heteroatoms. The van der Waals surface area contributed by atoms with Gasteiger partial charge in [-0.15, -0.1) is 0 Å². The van der Waals surface area contributed by atoms with Crippen LogP contribution in [-0.4, -0.2) is 46.0 Å². The predicted molar refractivity (Wildman–Crippen MR) is 147 cm³/mol. The highest BCUT2D eigenvalue weighted by atomic mass is 32.1. The van der Waals surface area contributed by atoms with Crippen LogP contribution in [0.5, 0.6) is 11.5 Å². The topological polar surface area (TPSA) is 105 Å². The normalized spacial score (nSPS) is 11.1. The van der Waals surface area contributed by atoms with Crippen LogP contribution >= 0.6 is 11.7 Å². The van der Waals surface area contributed by atoms with Crippen LogP contribution in [0.3, 0.4) is 0 Å². The quantitative estimate of drug-likeness (QED) is 0.264. The zero-order valence-electron chi connectivity index (χ0n) is 21.4. The van der Waals surface area contributed by atoms with Crippen LogP contribution in [0.2, 0.25) is 0 Å². The van der Waals surface area contributed by atoms with E-state index in [4.69, 9.17) is 14.2 Å². The van der Waals surface area contributed by atoms with Crippen LogP contribution in [0.15, 0.2) is 54.6 Å². The van der Waals surface area contributed by atoms with E-state index in [9.17, 15) is 9.59 Å². The number of aromatic nitrogens is 3. The van der Waals surface area contributed by atoms with Crippen molar-refractivity contribution in [1.29, 1.82) is 0 Å². The number of esters is 1. The molecule has 0 unspecified atom stereocenters. The second kappa shape index (κ2) is 10.5. The van der Waals surface area contributed by atoms with Gasteiger partial charge in [0.2, 0.25) is 5.91 Å². The molecule has 9 nitrogen and oxygen atoms in total. The maximum absolute atomic E-state index is 13.5. The minimum atomic E-state index is -0.453. The number of amides is 1. The van der Waals surface area contributed by atoms with Crippen molar-refractivity contribution in [3.63, 3.8) is 0 Å². The van der Waals surface area contributed by atoms with Gasteiger partial charge >= 0.3 is 5.97 Å². The molecule has 0 atom stereocenters. The number of hydrogen-bond acceptors (Lipinski definition) is 8. The van der Waals surface area contributed by atoms with E-state index in [2.05, 4.69) is 14.1 Å². The Morgan fingerprint density at radius 2 is 1.74 bits per heavy atom. The van der Waals surface area contributed by atoms with Gasteiger partial charge in [0.1, 0.15) is 16.7 Å². The van der Waals surface area contributed by atoms with E-state index in [1.54, 1.807) is 27.2 Å². The number of rotatable bonds is 8. The standard InChI is InChI=1S/C28H26N4O5S/c1-5-37-28(34)27-26(18-7-11-24(35-3)25(13-18)36-4)20-14-19(29-16(2)33)8-10-23(20)32(27)15-17-6-9-21-22(12-17)31-38-30-21/h6-14H,5,15H2,1-4H3,(H,29,33). The van der Waals surface area contributed by atoms with E-state index in [0.717, 1.165) is 44.8 Å². The minimum Gasteiger partial charge on any atom is -0.493 e. The number of carbonyl (C=O) groups is 2. The fraction of sp³-hybridized carbons (Fsp3) is 0.214. The molecular formula is C28H26N4O5S. The number of carbonyl (C=O) groups excluding carboxylic acids is 2. The van der Waals surface area contributed by atoms with E-state index in [1.165, 1.54) is 6.92 Å². The van der Waals surface area contributed by atoms with Gasteiger partial charge < -0.3 is 24.1 Å². The van der Waals surface area contributed by atoms with Crippen LogP contribution in [0.1, 0.15) is 29.9 Å². The molecule has 2 aromatic heterocycles. The van der Waals surface area contributed by atoms with E-state index in [0.29, 0.717) is 35.0 Å². The Kier molecular flexibility index (Phi) is 6.97. The third-order valence-corrected chi connectivity index (χ3v) is 6.74. The highest BCUT2D eigenvalue weighted by Crippen LogP contribution is 2.41. The van der Waals surface area contributed by atoms with Gasteiger partial charge in [0.05, 0.1) is 32.6 Å². The second-order valence-corrected chi connectivity index (χ2v) is 9.13. The largest absolute Gasteiger partial charge is 0.493 e. The first-order chi connectivity index (χ1) is 18.4. The molecule has 0 spiro atoms. The van der Waals surface area contributed by atoms with Crippen LogP contribution in [0, 0.1) is 0 Å². The number of hydrogen-bond donors (Lipinski definition) is 1. The molecule has 0 saturated carbocycles. The highest BCUT2D eigenvalue weighted by Gasteiger charge is 2.26. The molecule has 2 heterocycles. The number of nitrogens with zero attached hydrogens (tertiary/aromatic N) is 3. The number of ether oxygens (including phenoxy) is 3. The summed E-state index contributed by atoms with van der Waals surface area (Å²) in [4.78, 5) is 25.4. The zero-order chi connectivity index (χ0) is 26.8. The van der Waals surface area contributed by atoms with Crippen molar-refractivity contribution in [1.82, 2.24) is 13.3 Å². The average molecular weight is 531 g/mol. The number of methoxy groups -OCH3 is 2. The molecule has 0 bridgehead atoms. The maximum atomic E-state index is 13.5. The summed E-state index contributed by atoms with van der Waals surface area (Å²) in [6.07, 6.45) is 0. The van der Waals surface area contributed by atoms with Gasteiger partial charge in [0, 0.05) is 35.6 Å². The van der Waals surface area contributed by atoms with Crippen molar-refractivity contribution in [2.24, 2.45) is 0 Å². The van der Waals surface area contributed by atoms with Crippen molar-refractivity contribution in [2.75, 3.05) is 26.1 Å². The lowest BCUT2D eigenvalue weighted by Gasteiger charge is -2.13. The van der Waals surface area contributed by atoms with Crippen molar-refractivity contribution in [3.8, 4) is 22.6 Å². The molecule has 0 aliphatic heterocycles. The molecule has 38 heavy (non-hydrogen) atoms. The van der Waals surface area contributed by atoms with Crippen LogP contribution < -0.4 is 14.8 Å². The van der Waals surface area contributed by atoms with Gasteiger partial charge in [-0.05, 0) is 60.5 Å². The first-order valence-electron chi connectivity index (χ1n) is 12.0. The van der Waals surface area contributed by atoms with Crippen LogP contribution in [0.25, 0.3) is 33.1 Å². The SMILES string of the molecule is CCOC(=O)c1c(-c2ccc(OC)c(OC)c2)c2cc(NC(C)=O)ccc2n1Cc1ccc2nsnc2c1. The molecule has 0 fully saturated rings. The summed E-state index contributed by atoms with van der Waals surface area (Å²) >= 11 is 1.16. The van der Waals surface area contributed by atoms with Gasteiger partial charge in [0.25, 0.3) is 0 Å². The van der Waals surface area contributed by atoms with Crippen molar-refractivity contribution < 1.29 is 23.8 Å². The average Bonchev–Trinajstić information content (AvgIpc) is 3.50. The van der Waals surface area contributed by atoms with Gasteiger partial charge in [-0.25, -0.2) is 4.79 Å². The van der Waals surface area contributed by atoms with Crippen molar-refractivity contribution >= 4 is 51.2 Å². The Bertz CT molecular complexity index is 1670. The lowest BCUT2D eigenvalue weighted by Crippen LogP contribution is -2.14. The molecule has 0 aliphatic rings. The van der Waals surface area contributed by atoms with E-state index < -0.39 is 5.97 Å². The van der Waals surface area contributed by atoms with E-state index in [-0.39, 0.29) is 12.5 Å². The van der Waals surface area contributed by atoms with E-state index in [1.807, 2.05) is 53.1 Å². The molecule has 3 aromatic carbocycles. The van der Waals surface area contributed by atoms with Gasteiger partial charge in [-0.2, -0.15) is 8.75 Å². The Morgan fingerprint density at radius 1 is 0.947 bits per heavy atom. The molecule has 0 saturated heterocycles. The summed E-state index contributed by atoms with van der Waals surface area (Å²) < 4.78 is 27.1. The molecule has 194 valence electrons. The van der Waals surface area contributed by atoms with Crippen LogP contribution in [0.4, 0.5) is 5.69 Å². The van der Waals surface area contributed by atoms with Gasteiger partial charge in [-0.3, -0.25) is 4.79 Å². The van der Waals surface area contributed by atoms with Crippen molar-refractivity contribution in [2.45, 2.75) is 20.4 Å². The zero-order valence-corrected chi connectivity index (χ0v) is 22.2. The summed E-state index contributed by atoms with van der Waals surface area (Å²) in [5.41, 5.74) is 5.82. The Hall–Kier alpha value is -4.44. The highest BCUT2D eigenvalue weighted by molar-refractivity contribution is 7.00. The number of fused-ring (bicyclic) bond motifs is 2. The minimum absolute atomic E-state index is 0.188. The summed E-state index contributed by atoms with van der Waals surface area (Å²) in [7, 11) is 3.14. The molecule has 5 aromatic rings. The number of nitrogens with one attached hydrogen (secondary N) is 1. The summed E-state index contributed by atoms with van der Waals surface area (Å²) in [5.74, 6) is 0.459. The summed E-state index contributed by atoms with van der Waals surface area (Å²) in [5, 5.41) is 3.62. The number of anilines is 1. The van der Waals surface area contributed by atoms with Gasteiger partial charge in [0.15, 0.2) is 11.5 Å². The molecular weight excluding hydrogens is 504 g/mol. The molecule has 1 N–H and O–H groups in total. The summed E-state index contributed by atoms with van der Waals surface area (Å²) in [6, 6.07) is 17.0. The molecule has 0 aliphatic carbocycles. The number of benzene rings is 3. The monoisotopic (exact) mass is 530 g/mol. The fourth-order valence-electron chi connectivity index (χ4n) is 4.60. The summed E-state index contributed by atoms with van der Waals surface area (Å²) in [6.45, 7) is 3.85. The smallest absolute Gasteiger partial charge is 0.355 e. The first kappa shape index (κ1) is 25.2. The Morgan fingerprint density at radius 3 is 2.47 bits per heavy atom. The van der Waals surface area contributed by atoms with Gasteiger partial charge in [-0.1, -0.05) is 12.1 Å².